The van der Waals surface area contributed by atoms with Gasteiger partial charge in [0.25, 0.3) is 0 Å². The van der Waals surface area contributed by atoms with E-state index in [9.17, 15) is 4.79 Å². The molecular weight excluding hydrogens is 348 g/mol. The number of aromatic amines is 1. The maximum Gasteiger partial charge on any atom is 0.159 e. The molecule has 0 atom stereocenters. The van der Waals surface area contributed by atoms with Gasteiger partial charge < -0.3 is 4.57 Å². The number of nitrogens with zero attached hydrogens (tertiary/aromatic N) is 3. The number of benzene rings is 2. The topological polar surface area (TPSA) is 63.6 Å². The number of carbonyl (C=O) groups is 1. The summed E-state index contributed by atoms with van der Waals surface area (Å²) >= 11 is 0. The molecule has 140 valence electrons. The van der Waals surface area contributed by atoms with E-state index in [4.69, 9.17) is 4.98 Å². The van der Waals surface area contributed by atoms with Crippen LogP contribution in [-0.4, -0.2) is 25.5 Å². The molecule has 2 heterocycles. The smallest absolute Gasteiger partial charge is 0.159 e. The number of nitrogens with one attached hydrogen (secondary N) is 1. The van der Waals surface area contributed by atoms with Crippen molar-refractivity contribution < 1.29 is 4.79 Å². The van der Waals surface area contributed by atoms with Gasteiger partial charge in [0.1, 0.15) is 0 Å². The van der Waals surface area contributed by atoms with Crippen LogP contribution in [0.5, 0.6) is 0 Å². The minimum atomic E-state index is 0.0630. The molecule has 0 aliphatic carbocycles. The normalized spacial score (nSPS) is 11.0. The molecule has 2 aromatic heterocycles. The predicted octanol–water partition coefficient (Wildman–Crippen LogP) is 4.81. The van der Waals surface area contributed by atoms with Gasteiger partial charge in [-0.15, -0.1) is 0 Å². The molecule has 1 N–H and O–H groups in total. The van der Waals surface area contributed by atoms with Gasteiger partial charge >= 0.3 is 0 Å². The Morgan fingerprint density at radius 1 is 1.00 bits per heavy atom. The van der Waals surface area contributed by atoms with Gasteiger partial charge in [0.15, 0.2) is 5.78 Å². The number of ketones is 1. The lowest BCUT2D eigenvalue weighted by Crippen LogP contribution is -2.03. The number of aromatic nitrogens is 4. The first kappa shape index (κ1) is 17.9. The van der Waals surface area contributed by atoms with Crippen LogP contribution in [0.15, 0.2) is 60.9 Å². The Morgan fingerprint density at radius 2 is 1.71 bits per heavy atom. The van der Waals surface area contributed by atoms with Crippen molar-refractivity contribution in [3.63, 3.8) is 0 Å². The summed E-state index contributed by atoms with van der Waals surface area (Å²) in [6.45, 7) is 6.30. The standard InChI is InChI=1S/C23H22N4O/c1-15-21(16(2)26-25-15)13-27-14-24-22(19-7-5-4-6-8-19)23(27)20-11-9-18(10-12-20)17(3)28/h4-12,14H,13H2,1-3H3,(H,25,26). The van der Waals surface area contributed by atoms with Crippen LogP contribution in [0.25, 0.3) is 22.5 Å². The quantitative estimate of drug-likeness (QED) is 0.513. The van der Waals surface area contributed by atoms with Gasteiger partial charge in [0.2, 0.25) is 0 Å². The van der Waals surface area contributed by atoms with E-state index in [0.29, 0.717) is 12.1 Å². The first-order chi connectivity index (χ1) is 13.5. The number of hydrogen-bond acceptors (Lipinski definition) is 3. The zero-order chi connectivity index (χ0) is 19.7. The molecule has 5 heteroatoms. The molecule has 0 aliphatic heterocycles. The Labute approximate surface area is 164 Å². The number of Topliss-reactive ketones (excluding diaryl/α,β-unsaturated/α-hetero) is 1. The largest absolute Gasteiger partial charge is 0.325 e. The maximum atomic E-state index is 11.7. The van der Waals surface area contributed by atoms with E-state index in [1.807, 2.05) is 62.6 Å². The summed E-state index contributed by atoms with van der Waals surface area (Å²) in [6.07, 6.45) is 1.88. The van der Waals surface area contributed by atoms with Crippen LogP contribution in [-0.2, 0) is 6.54 Å². The van der Waals surface area contributed by atoms with Crippen LogP contribution >= 0.6 is 0 Å². The van der Waals surface area contributed by atoms with Crippen LogP contribution in [0, 0.1) is 13.8 Å². The van der Waals surface area contributed by atoms with Gasteiger partial charge in [-0.1, -0.05) is 54.6 Å². The average molecular weight is 370 g/mol. The van der Waals surface area contributed by atoms with Gasteiger partial charge in [0, 0.05) is 27.9 Å². The summed E-state index contributed by atoms with van der Waals surface area (Å²) < 4.78 is 2.15. The van der Waals surface area contributed by atoms with Gasteiger partial charge in [-0.25, -0.2) is 4.98 Å². The summed E-state index contributed by atoms with van der Waals surface area (Å²) in [4.78, 5) is 16.4. The van der Waals surface area contributed by atoms with Crippen molar-refractivity contribution in [2.24, 2.45) is 0 Å². The van der Waals surface area contributed by atoms with Crippen LogP contribution in [0.4, 0.5) is 0 Å². The molecule has 0 amide bonds. The Hall–Kier alpha value is -3.47. The summed E-state index contributed by atoms with van der Waals surface area (Å²) in [6, 6.07) is 17.9. The molecule has 2 aromatic carbocycles. The molecule has 0 spiro atoms. The predicted molar refractivity (Wildman–Crippen MR) is 110 cm³/mol. The highest BCUT2D eigenvalue weighted by Gasteiger charge is 2.17. The Morgan fingerprint density at radius 3 is 2.32 bits per heavy atom. The number of aryl methyl sites for hydroxylation is 2. The van der Waals surface area contributed by atoms with E-state index in [1.165, 1.54) is 5.56 Å². The summed E-state index contributed by atoms with van der Waals surface area (Å²) in [5, 5.41) is 7.37. The second-order valence-corrected chi connectivity index (χ2v) is 6.98. The van der Waals surface area contributed by atoms with Crippen molar-refractivity contribution in [2.45, 2.75) is 27.3 Å². The summed E-state index contributed by atoms with van der Waals surface area (Å²) in [7, 11) is 0. The highest BCUT2D eigenvalue weighted by molar-refractivity contribution is 5.94. The average Bonchev–Trinajstić information content (AvgIpc) is 3.27. The third-order valence-corrected chi connectivity index (χ3v) is 5.06. The van der Waals surface area contributed by atoms with Crippen molar-refractivity contribution in [1.29, 1.82) is 0 Å². The third kappa shape index (κ3) is 3.27. The molecular formula is C23H22N4O. The first-order valence-electron chi connectivity index (χ1n) is 9.27. The maximum absolute atomic E-state index is 11.7. The van der Waals surface area contributed by atoms with Gasteiger partial charge in [-0.3, -0.25) is 9.89 Å². The van der Waals surface area contributed by atoms with E-state index in [1.54, 1.807) is 6.92 Å². The van der Waals surface area contributed by atoms with Crippen molar-refractivity contribution >= 4 is 5.78 Å². The van der Waals surface area contributed by atoms with E-state index < -0.39 is 0 Å². The first-order valence-corrected chi connectivity index (χ1v) is 9.27. The lowest BCUT2D eigenvalue weighted by Gasteiger charge is -2.12. The lowest BCUT2D eigenvalue weighted by atomic mass is 10.0. The van der Waals surface area contributed by atoms with Crippen LogP contribution in [0.1, 0.15) is 34.2 Å². The second-order valence-electron chi connectivity index (χ2n) is 6.98. The minimum absolute atomic E-state index is 0.0630. The molecule has 0 saturated heterocycles. The highest BCUT2D eigenvalue weighted by Crippen LogP contribution is 2.32. The fraction of sp³-hybridized carbons (Fsp3) is 0.174. The molecule has 0 fully saturated rings. The van der Waals surface area contributed by atoms with Gasteiger partial charge in [-0.05, 0) is 20.8 Å². The lowest BCUT2D eigenvalue weighted by molar-refractivity contribution is 0.101. The number of imidazole rings is 1. The molecule has 0 bridgehead atoms. The molecule has 0 radical (unpaired) electrons. The molecule has 4 rings (SSSR count). The number of rotatable bonds is 5. The van der Waals surface area contributed by atoms with Crippen LogP contribution < -0.4 is 0 Å². The van der Waals surface area contributed by atoms with Crippen molar-refractivity contribution in [3.05, 3.63) is 83.4 Å². The monoisotopic (exact) mass is 370 g/mol. The van der Waals surface area contributed by atoms with E-state index >= 15 is 0 Å². The number of carbonyl (C=O) groups excluding carboxylic acids is 1. The SMILES string of the molecule is CC(=O)c1ccc(-c2c(-c3ccccc3)ncn2Cc2c(C)n[nH]c2C)cc1. The second kappa shape index (κ2) is 7.27. The molecule has 28 heavy (non-hydrogen) atoms. The fourth-order valence-corrected chi connectivity index (χ4v) is 3.45. The fourth-order valence-electron chi connectivity index (χ4n) is 3.45. The van der Waals surface area contributed by atoms with Gasteiger partial charge in [-0.2, -0.15) is 5.10 Å². The highest BCUT2D eigenvalue weighted by atomic mass is 16.1. The number of H-pyrrole nitrogens is 1. The van der Waals surface area contributed by atoms with E-state index in [0.717, 1.165) is 33.9 Å². The Bertz CT molecular complexity index is 1100. The van der Waals surface area contributed by atoms with Crippen LogP contribution in [0.2, 0.25) is 0 Å². The molecule has 0 aliphatic rings. The summed E-state index contributed by atoms with van der Waals surface area (Å²) in [5.74, 6) is 0.0630. The van der Waals surface area contributed by atoms with Crippen molar-refractivity contribution in [2.75, 3.05) is 0 Å². The molecule has 4 aromatic rings. The van der Waals surface area contributed by atoms with Crippen LogP contribution in [0.3, 0.4) is 0 Å². The van der Waals surface area contributed by atoms with E-state index in [2.05, 4.69) is 26.9 Å². The minimum Gasteiger partial charge on any atom is -0.325 e. The Kier molecular flexibility index (Phi) is 4.65. The van der Waals surface area contributed by atoms with Crippen molar-refractivity contribution in [3.8, 4) is 22.5 Å². The summed E-state index contributed by atoms with van der Waals surface area (Å²) in [5.41, 5.74) is 7.97. The van der Waals surface area contributed by atoms with Gasteiger partial charge in [0.05, 0.1) is 30.0 Å². The Balaban J connectivity index is 1.85. The molecule has 0 unspecified atom stereocenters. The third-order valence-electron chi connectivity index (χ3n) is 5.06. The van der Waals surface area contributed by atoms with Crippen molar-refractivity contribution in [1.82, 2.24) is 19.7 Å². The molecule has 0 saturated carbocycles. The number of hydrogen-bond donors (Lipinski definition) is 1. The zero-order valence-corrected chi connectivity index (χ0v) is 16.2. The zero-order valence-electron chi connectivity index (χ0n) is 16.2. The van der Waals surface area contributed by atoms with E-state index in [-0.39, 0.29) is 5.78 Å². The molecule has 5 nitrogen and oxygen atoms in total.